The highest BCUT2D eigenvalue weighted by atomic mass is 16.5. The average Bonchev–Trinajstić information content (AvgIpc) is 2.97. The van der Waals surface area contributed by atoms with E-state index in [-0.39, 0.29) is 18.0 Å². The van der Waals surface area contributed by atoms with Gasteiger partial charge in [0.25, 0.3) is 0 Å². The van der Waals surface area contributed by atoms with Crippen LogP contribution in [-0.2, 0) is 19.1 Å². The molecule has 0 aromatic heterocycles. The Hall–Kier alpha value is -2.15. The molecule has 0 fully saturated rings. The molecule has 0 saturated carbocycles. The van der Waals surface area contributed by atoms with Gasteiger partial charge in [-0.3, -0.25) is 9.59 Å². The lowest BCUT2D eigenvalue weighted by Gasteiger charge is -2.15. The molecular weight excluding hydrogens is 528 g/mol. The van der Waals surface area contributed by atoms with Crippen LogP contribution in [0.5, 0.6) is 0 Å². The Kier molecular flexibility index (Phi) is 28.8. The number of carbonyl (C=O) groups excluding carboxylic acids is 2. The normalized spacial score (nSPS) is 13.0. The smallest absolute Gasteiger partial charge is 0.326 e. The molecular formula is C35H64N2O5. The van der Waals surface area contributed by atoms with Gasteiger partial charge in [-0.1, -0.05) is 96.3 Å². The Bertz CT molecular complexity index is 722. The van der Waals surface area contributed by atoms with E-state index in [0.29, 0.717) is 38.6 Å². The predicted molar refractivity (Wildman–Crippen MR) is 174 cm³/mol. The van der Waals surface area contributed by atoms with Crippen LogP contribution in [0.3, 0.4) is 0 Å². The van der Waals surface area contributed by atoms with Crippen molar-refractivity contribution in [2.24, 2.45) is 5.73 Å². The molecule has 4 N–H and O–H groups in total. The van der Waals surface area contributed by atoms with Crippen LogP contribution in [0.1, 0.15) is 162 Å². The Labute approximate surface area is 257 Å². The lowest BCUT2D eigenvalue weighted by Crippen LogP contribution is -2.40. The highest BCUT2D eigenvalue weighted by Crippen LogP contribution is 2.15. The molecule has 0 aliphatic carbocycles. The maximum Gasteiger partial charge on any atom is 0.326 e. The number of nitrogens with two attached hydrogens (primary N) is 1. The molecule has 0 aromatic carbocycles. The molecule has 0 aliphatic heterocycles. The van der Waals surface area contributed by atoms with Crippen molar-refractivity contribution in [2.45, 2.75) is 174 Å². The van der Waals surface area contributed by atoms with E-state index in [1.807, 2.05) is 0 Å². The van der Waals surface area contributed by atoms with E-state index in [4.69, 9.17) is 10.5 Å². The van der Waals surface area contributed by atoms with Crippen LogP contribution in [0.25, 0.3) is 0 Å². The summed E-state index contributed by atoms with van der Waals surface area (Å²) in [5.74, 6) is -1.35. The monoisotopic (exact) mass is 592 g/mol. The topological polar surface area (TPSA) is 119 Å². The summed E-state index contributed by atoms with van der Waals surface area (Å²) in [7, 11) is 0. The fraction of sp³-hybridized carbons (Fsp3) is 0.800. The molecule has 0 heterocycles. The third-order valence-corrected chi connectivity index (χ3v) is 7.47. The van der Waals surface area contributed by atoms with Gasteiger partial charge in [-0.15, -0.1) is 0 Å². The summed E-state index contributed by atoms with van der Waals surface area (Å²) >= 11 is 0. The zero-order valence-corrected chi connectivity index (χ0v) is 27.1. The minimum Gasteiger partial charge on any atom is -0.480 e. The SMILES string of the molecule is CCCC/C=C\CCCCCCCC(=O)OC(/C=C\CCCCCC)CCCCCCC(=O)NC(CCCN)C(=O)O. The largest absolute Gasteiger partial charge is 0.480 e. The average molecular weight is 593 g/mol. The molecule has 42 heavy (non-hydrogen) atoms. The second-order valence-corrected chi connectivity index (χ2v) is 11.6. The molecule has 0 rings (SSSR count). The molecule has 0 spiro atoms. The van der Waals surface area contributed by atoms with E-state index in [2.05, 4.69) is 43.5 Å². The van der Waals surface area contributed by atoms with Gasteiger partial charge in [0.05, 0.1) is 0 Å². The second-order valence-electron chi connectivity index (χ2n) is 11.6. The lowest BCUT2D eigenvalue weighted by molar-refractivity contribution is -0.147. The van der Waals surface area contributed by atoms with Crippen LogP contribution in [-0.4, -0.2) is 41.6 Å². The molecule has 7 heteroatoms. The molecule has 0 bridgehead atoms. The number of hydrogen-bond donors (Lipinski definition) is 3. The van der Waals surface area contributed by atoms with Gasteiger partial charge in [0.1, 0.15) is 12.1 Å². The number of esters is 1. The van der Waals surface area contributed by atoms with Crippen molar-refractivity contribution in [2.75, 3.05) is 6.54 Å². The highest BCUT2D eigenvalue weighted by Gasteiger charge is 2.18. The summed E-state index contributed by atoms with van der Waals surface area (Å²) in [6, 6.07) is -0.868. The Morgan fingerprint density at radius 3 is 1.93 bits per heavy atom. The summed E-state index contributed by atoms with van der Waals surface area (Å²) < 4.78 is 5.85. The summed E-state index contributed by atoms with van der Waals surface area (Å²) in [6.07, 6.45) is 30.9. The van der Waals surface area contributed by atoms with Crippen molar-refractivity contribution >= 4 is 17.8 Å². The first kappa shape index (κ1) is 39.8. The van der Waals surface area contributed by atoms with Gasteiger partial charge in [-0.25, -0.2) is 4.79 Å². The van der Waals surface area contributed by atoms with Gasteiger partial charge in [0.15, 0.2) is 0 Å². The summed E-state index contributed by atoms with van der Waals surface area (Å²) in [5.41, 5.74) is 5.45. The van der Waals surface area contributed by atoms with Crippen molar-refractivity contribution in [3.05, 3.63) is 24.3 Å². The molecule has 2 atom stereocenters. The maximum atomic E-state index is 12.5. The number of rotatable bonds is 30. The van der Waals surface area contributed by atoms with Crippen molar-refractivity contribution in [1.29, 1.82) is 0 Å². The number of ether oxygens (including phenoxy) is 1. The summed E-state index contributed by atoms with van der Waals surface area (Å²) in [6.45, 7) is 4.83. The van der Waals surface area contributed by atoms with Gasteiger partial charge in [0.2, 0.25) is 5.91 Å². The second kappa shape index (κ2) is 30.3. The summed E-state index contributed by atoms with van der Waals surface area (Å²) in [5, 5.41) is 11.9. The molecule has 0 radical (unpaired) electrons. The van der Waals surface area contributed by atoms with E-state index < -0.39 is 12.0 Å². The number of aliphatic carboxylic acids is 1. The van der Waals surface area contributed by atoms with Crippen LogP contribution in [0.4, 0.5) is 0 Å². The van der Waals surface area contributed by atoms with E-state index in [0.717, 1.165) is 57.8 Å². The minimum absolute atomic E-state index is 0.103. The van der Waals surface area contributed by atoms with Gasteiger partial charge < -0.3 is 20.9 Å². The number of allylic oxidation sites excluding steroid dienone is 3. The van der Waals surface area contributed by atoms with Crippen molar-refractivity contribution < 1.29 is 24.2 Å². The number of hydrogen-bond acceptors (Lipinski definition) is 5. The van der Waals surface area contributed by atoms with Crippen LogP contribution in [0.15, 0.2) is 24.3 Å². The van der Waals surface area contributed by atoms with Crippen molar-refractivity contribution in [1.82, 2.24) is 5.32 Å². The van der Waals surface area contributed by atoms with E-state index in [1.165, 1.54) is 57.8 Å². The molecule has 1 amide bonds. The summed E-state index contributed by atoms with van der Waals surface area (Å²) in [4.78, 5) is 36.0. The van der Waals surface area contributed by atoms with E-state index >= 15 is 0 Å². The lowest BCUT2D eigenvalue weighted by atomic mass is 10.1. The van der Waals surface area contributed by atoms with Crippen molar-refractivity contribution in [3.63, 3.8) is 0 Å². The third-order valence-electron chi connectivity index (χ3n) is 7.47. The fourth-order valence-electron chi connectivity index (χ4n) is 4.81. The Morgan fingerprint density at radius 1 is 0.690 bits per heavy atom. The first-order valence-corrected chi connectivity index (χ1v) is 17.2. The number of carboxylic acids is 1. The highest BCUT2D eigenvalue weighted by molar-refractivity contribution is 5.83. The van der Waals surface area contributed by atoms with Crippen LogP contribution < -0.4 is 11.1 Å². The zero-order valence-electron chi connectivity index (χ0n) is 27.1. The van der Waals surface area contributed by atoms with Gasteiger partial charge in [-0.2, -0.15) is 0 Å². The van der Waals surface area contributed by atoms with Crippen molar-refractivity contribution in [3.8, 4) is 0 Å². The molecule has 0 saturated heterocycles. The maximum absolute atomic E-state index is 12.5. The van der Waals surface area contributed by atoms with Gasteiger partial charge >= 0.3 is 11.9 Å². The first-order chi connectivity index (χ1) is 20.4. The standard InChI is InChI=1S/C35H64N2O5/c1-3-5-7-9-11-12-13-14-15-17-23-29-34(39)42-31(25-20-16-10-8-6-4-2)26-21-18-19-22-28-33(38)37-32(35(40)41)27-24-30-36/h9,11,20,25,31-32H,3-8,10,12-19,21-24,26-30,36H2,1-2H3,(H,37,38)(H,40,41)/b11-9-,25-20-. The fourth-order valence-corrected chi connectivity index (χ4v) is 4.81. The first-order valence-electron chi connectivity index (χ1n) is 17.2. The van der Waals surface area contributed by atoms with Crippen LogP contribution >= 0.6 is 0 Å². The molecule has 0 aromatic rings. The minimum atomic E-state index is -1.02. The number of carboxylic acid groups (broad SMARTS) is 1. The number of nitrogens with one attached hydrogen (secondary N) is 1. The number of amides is 1. The molecule has 2 unspecified atom stereocenters. The Balaban J connectivity index is 4.30. The number of unbranched alkanes of at least 4 members (excludes halogenated alkanes) is 14. The van der Waals surface area contributed by atoms with Gasteiger partial charge in [0, 0.05) is 12.8 Å². The predicted octanol–water partition coefficient (Wildman–Crippen LogP) is 8.55. The zero-order chi connectivity index (χ0) is 31.1. The molecule has 0 aliphatic rings. The number of carbonyl (C=O) groups is 3. The van der Waals surface area contributed by atoms with E-state index in [9.17, 15) is 19.5 Å². The van der Waals surface area contributed by atoms with E-state index in [1.54, 1.807) is 0 Å². The third kappa shape index (κ3) is 26.7. The van der Waals surface area contributed by atoms with Crippen LogP contribution in [0, 0.1) is 0 Å². The van der Waals surface area contributed by atoms with Gasteiger partial charge in [-0.05, 0) is 83.2 Å². The quantitative estimate of drug-likeness (QED) is 0.0437. The molecule has 244 valence electrons. The van der Waals surface area contributed by atoms with Crippen LogP contribution in [0.2, 0.25) is 0 Å². The molecule has 7 nitrogen and oxygen atoms in total. The Morgan fingerprint density at radius 2 is 1.26 bits per heavy atom.